The van der Waals surface area contributed by atoms with Gasteiger partial charge in [0.05, 0.1) is 7.11 Å². The second-order valence-corrected chi connectivity index (χ2v) is 5.36. The van der Waals surface area contributed by atoms with Crippen molar-refractivity contribution in [3.63, 3.8) is 0 Å². The number of aliphatic hydroxyl groups is 1. The van der Waals surface area contributed by atoms with Gasteiger partial charge in [-0.2, -0.15) is 0 Å². The van der Waals surface area contributed by atoms with Crippen molar-refractivity contribution < 1.29 is 9.84 Å². The third kappa shape index (κ3) is 3.47. The van der Waals surface area contributed by atoms with Crippen molar-refractivity contribution in [2.75, 3.05) is 13.7 Å². The Kier molecular flexibility index (Phi) is 5.17. The van der Waals surface area contributed by atoms with E-state index in [1.54, 1.807) is 7.11 Å². The van der Waals surface area contributed by atoms with E-state index in [0.29, 0.717) is 12.3 Å². The molecule has 0 saturated heterocycles. The molecule has 3 heteroatoms. The Bertz CT molecular complexity index is 386. The minimum atomic E-state index is -0.469. The van der Waals surface area contributed by atoms with Crippen LogP contribution in [0.3, 0.4) is 0 Å². The van der Waals surface area contributed by atoms with Crippen LogP contribution in [0.15, 0.2) is 18.2 Å². The molecule has 0 aromatic heterocycles. The van der Waals surface area contributed by atoms with Crippen LogP contribution in [-0.4, -0.2) is 18.8 Å². The van der Waals surface area contributed by atoms with Gasteiger partial charge in [-0.05, 0) is 37.3 Å². The summed E-state index contributed by atoms with van der Waals surface area (Å²) in [4.78, 5) is 0. The Labute approximate surface area is 110 Å². The first-order chi connectivity index (χ1) is 8.42. The lowest BCUT2D eigenvalue weighted by atomic mass is 9.86. The number of hydrogen-bond acceptors (Lipinski definition) is 3. The standard InChI is InChI=1S/C15H25NO2/c1-11(2)12-6-7-13(14(10-12)18-4)15(3,16)8-5-9-17/h6-7,10-11,17H,5,8-9,16H2,1-4H3. The fraction of sp³-hybridized carbons (Fsp3) is 0.600. The van der Waals surface area contributed by atoms with Crippen LogP contribution >= 0.6 is 0 Å². The van der Waals surface area contributed by atoms with E-state index >= 15 is 0 Å². The molecule has 18 heavy (non-hydrogen) atoms. The second kappa shape index (κ2) is 6.21. The van der Waals surface area contributed by atoms with Gasteiger partial charge in [0.1, 0.15) is 5.75 Å². The quantitative estimate of drug-likeness (QED) is 0.817. The molecule has 3 nitrogen and oxygen atoms in total. The molecule has 0 saturated carbocycles. The minimum Gasteiger partial charge on any atom is -0.496 e. The van der Waals surface area contributed by atoms with E-state index in [1.165, 1.54) is 5.56 Å². The van der Waals surface area contributed by atoms with Crippen molar-refractivity contribution in [1.29, 1.82) is 0 Å². The number of hydrogen-bond donors (Lipinski definition) is 2. The Balaban J connectivity index is 3.08. The van der Waals surface area contributed by atoms with Crippen molar-refractivity contribution in [2.24, 2.45) is 5.73 Å². The van der Waals surface area contributed by atoms with Gasteiger partial charge in [0.15, 0.2) is 0 Å². The Morgan fingerprint density at radius 1 is 1.39 bits per heavy atom. The summed E-state index contributed by atoms with van der Waals surface area (Å²) in [6, 6.07) is 6.21. The van der Waals surface area contributed by atoms with Gasteiger partial charge in [0.2, 0.25) is 0 Å². The highest BCUT2D eigenvalue weighted by molar-refractivity contribution is 5.42. The molecular formula is C15H25NO2. The SMILES string of the molecule is COc1cc(C(C)C)ccc1C(C)(N)CCCO. The molecular weight excluding hydrogens is 226 g/mol. The smallest absolute Gasteiger partial charge is 0.124 e. The highest BCUT2D eigenvalue weighted by Crippen LogP contribution is 2.33. The first-order valence-corrected chi connectivity index (χ1v) is 6.50. The first kappa shape index (κ1) is 15.0. The zero-order valence-corrected chi connectivity index (χ0v) is 11.9. The minimum absolute atomic E-state index is 0.166. The van der Waals surface area contributed by atoms with E-state index < -0.39 is 5.54 Å². The summed E-state index contributed by atoms with van der Waals surface area (Å²) >= 11 is 0. The average molecular weight is 251 g/mol. The molecule has 3 N–H and O–H groups in total. The summed E-state index contributed by atoms with van der Waals surface area (Å²) < 4.78 is 5.46. The number of methoxy groups -OCH3 is 1. The fourth-order valence-corrected chi connectivity index (χ4v) is 2.12. The van der Waals surface area contributed by atoms with E-state index in [9.17, 15) is 0 Å². The van der Waals surface area contributed by atoms with Gasteiger partial charge in [-0.15, -0.1) is 0 Å². The lowest BCUT2D eigenvalue weighted by Crippen LogP contribution is -2.33. The van der Waals surface area contributed by atoms with E-state index in [1.807, 2.05) is 13.0 Å². The number of nitrogens with two attached hydrogens (primary N) is 1. The molecule has 0 aliphatic rings. The topological polar surface area (TPSA) is 55.5 Å². The molecule has 1 atom stereocenters. The Morgan fingerprint density at radius 3 is 2.56 bits per heavy atom. The predicted octanol–water partition coefficient (Wildman–Crippen LogP) is 2.77. The molecule has 1 unspecified atom stereocenters. The third-order valence-electron chi connectivity index (χ3n) is 3.36. The fourth-order valence-electron chi connectivity index (χ4n) is 2.12. The van der Waals surface area contributed by atoms with Crippen LogP contribution in [-0.2, 0) is 5.54 Å². The maximum absolute atomic E-state index is 8.93. The largest absolute Gasteiger partial charge is 0.496 e. The number of benzene rings is 1. The summed E-state index contributed by atoms with van der Waals surface area (Å²) in [6.07, 6.45) is 1.43. The molecule has 1 rings (SSSR count). The van der Waals surface area contributed by atoms with Gasteiger partial charge in [-0.3, -0.25) is 0 Å². The van der Waals surface area contributed by atoms with Crippen LogP contribution in [0.4, 0.5) is 0 Å². The van der Waals surface area contributed by atoms with Crippen molar-refractivity contribution >= 4 is 0 Å². The van der Waals surface area contributed by atoms with Crippen LogP contribution in [0.25, 0.3) is 0 Å². The molecule has 0 amide bonds. The van der Waals surface area contributed by atoms with E-state index in [4.69, 9.17) is 15.6 Å². The lowest BCUT2D eigenvalue weighted by Gasteiger charge is -2.27. The summed E-state index contributed by atoms with van der Waals surface area (Å²) in [6.45, 7) is 6.46. The molecule has 1 aromatic rings. The number of ether oxygens (including phenoxy) is 1. The monoisotopic (exact) mass is 251 g/mol. The van der Waals surface area contributed by atoms with Crippen LogP contribution in [0.2, 0.25) is 0 Å². The number of rotatable bonds is 6. The molecule has 102 valence electrons. The van der Waals surface area contributed by atoms with Crippen molar-refractivity contribution in [3.05, 3.63) is 29.3 Å². The highest BCUT2D eigenvalue weighted by atomic mass is 16.5. The molecule has 0 spiro atoms. The lowest BCUT2D eigenvalue weighted by molar-refractivity contribution is 0.263. The highest BCUT2D eigenvalue weighted by Gasteiger charge is 2.24. The van der Waals surface area contributed by atoms with E-state index in [-0.39, 0.29) is 6.61 Å². The normalized spacial score (nSPS) is 14.6. The predicted molar refractivity (Wildman–Crippen MR) is 74.9 cm³/mol. The first-order valence-electron chi connectivity index (χ1n) is 6.50. The Morgan fingerprint density at radius 2 is 2.06 bits per heavy atom. The van der Waals surface area contributed by atoms with Gasteiger partial charge < -0.3 is 15.6 Å². The van der Waals surface area contributed by atoms with Gasteiger partial charge in [-0.1, -0.05) is 26.0 Å². The molecule has 1 aromatic carbocycles. The van der Waals surface area contributed by atoms with Gasteiger partial charge in [-0.25, -0.2) is 0 Å². The second-order valence-electron chi connectivity index (χ2n) is 5.36. The van der Waals surface area contributed by atoms with Crippen LogP contribution < -0.4 is 10.5 Å². The summed E-state index contributed by atoms with van der Waals surface area (Å²) in [5.41, 5.74) is 8.11. The van der Waals surface area contributed by atoms with Crippen molar-refractivity contribution in [1.82, 2.24) is 0 Å². The molecule has 0 radical (unpaired) electrons. The van der Waals surface area contributed by atoms with Crippen molar-refractivity contribution in [3.8, 4) is 5.75 Å². The zero-order valence-electron chi connectivity index (χ0n) is 11.9. The number of aliphatic hydroxyl groups excluding tert-OH is 1. The van der Waals surface area contributed by atoms with Gasteiger partial charge >= 0.3 is 0 Å². The van der Waals surface area contributed by atoms with Crippen molar-refractivity contribution in [2.45, 2.75) is 45.1 Å². The summed E-state index contributed by atoms with van der Waals surface area (Å²) in [5.74, 6) is 1.30. The molecule has 0 fully saturated rings. The summed E-state index contributed by atoms with van der Waals surface area (Å²) in [5, 5.41) is 8.93. The van der Waals surface area contributed by atoms with Crippen LogP contribution in [0, 0.1) is 0 Å². The van der Waals surface area contributed by atoms with Gasteiger partial charge in [0.25, 0.3) is 0 Å². The van der Waals surface area contributed by atoms with Gasteiger partial charge in [0, 0.05) is 17.7 Å². The average Bonchev–Trinajstić information content (AvgIpc) is 2.35. The molecule has 0 aliphatic heterocycles. The maximum Gasteiger partial charge on any atom is 0.124 e. The summed E-state index contributed by atoms with van der Waals surface area (Å²) in [7, 11) is 1.67. The van der Waals surface area contributed by atoms with E-state index in [2.05, 4.69) is 26.0 Å². The molecule has 0 aliphatic carbocycles. The zero-order chi connectivity index (χ0) is 13.8. The maximum atomic E-state index is 8.93. The molecule has 0 bridgehead atoms. The molecule has 0 heterocycles. The third-order valence-corrected chi connectivity index (χ3v) is 3.36. The van der Waals surface area contributed by atoms with Crippen LogP contribution in [0.1, 0.15) is 50.7 Å². The van der Waals surface area contributed by atoms with E-state index in [0.717, 1.165) is 17.7 Å². The van der Waals surface area contributed by atoms with Crippen LogP contribution in [0.5, 0.6) is 5.75 Å². The Hall–Kier alpha value is -1.06.